The third kappa shape index (κ3) is 17.1. The predicted octanol–water partition coefficient (Wildman–Crippen LogP) is 8.74. The Labute approximate surface area is 279 Å². The second-order valence-corrected chi connectivity index (χ2v) is 10.3. The summed E-state index contributed by atoms with van der Waals surface area (Å²) in [5.74, 6) is 0.680. The van der Waals surface area contributed by atoms with E-state index in [0.717, 1.165) is 12.8 Å². The van der Waals surface area contributed by atoms with E-state index in [4.69, 9.17) is 9.05 Å². The Morgan fingerprint density at radius 1 is 0.600 bits per heavy atom. The summed E-state index contributed by atoms with van der Waals surface area (Å²) in [5, 5.41) is 0. The van der Waals surface area contributed by atoms with E-state index in [9.17, 15) is 9.46 Å². The van der Waals surface area contributed by atoms with Crippen molar-refractivity contribution < 1.29 is 24.2 Å². The van der Waals surface area contributed by atoms with Gasteiger partial charge in [-0.25, -0.2) is 4.57 Å². The SMILES string of the molecule is CCCCCCCCc1ccc(OP(=O)(O)Oc2ccc(CCCCCCCC)cc2)cc1.[Ca+2].[Ca+2].[H-].[H-].[H-].[H-]. The van der Waals surface area contributed by atoms with Gasteiger partial charge in [-0.15, -0.1) is 0 Å². The van der Waals surface area contributed by atoms with Crippen LogP contribution < -0.4 is 9.05 Å². The number of unbranched alkanes of at least 4 members (excludes halogenated alkanes) is 10. The quantitative estimate of drug-likeness (QED) is 0.113. The van der Waals surface area contributed by atoms with E-state index in [1.807, 2.05) is 24.3 Å². The molecule has 2 aromatic carbocycles. The van der Waals surface area contributed by atoms with Crippen LogP contribution in [0.5, 0.6) is 11.5 Å². The second kappa shape index (κ2) is 21.7. The van der Waals surface area contributed by atoms with Crippen molar-refractivity contribution in [2.45, 2.75) is 104 Å². The molecule has 0 spiro atoms. The molecule has 4 nitrogen and oxygen atoms in total. The standard InChI is InChI=1S/C28H43O4P.2Ca.4H/c1-3-5-7-9-11-13-15-25-17-21-27(22-18-25)31-33(29,30)32-28-23-19-26(20-24-28)16-14-12-10-8-6-4-2;;;;;;/h17-24H,3-16H2,1-2H3,(H,29,30);;;;;;/q;2*+2;4*-1. The van der Waals surface area contributed by atoms with E-state index in [1.165, 1.54) is 88.2 Å². The molecule has 192 valence electrons. The Balaban J connectivity index is -0.000000642. The molecule has 0 bridgehead atoms. The summed E-state index contributed by atoms with van der Waals surface area (Å²) in [6, 6.07) is 14.8. The first-order valence-electron chi connectivity index (χ1n) is 12.9. The number of hydrogen-bond donors (Lipinski definition) is 1. The molecule has 0 aliphatic carbocycles. The number of aryl methyl sites for hydroxylation is 2. The summed E-state index contributed by atoms with van der Waals surface area (Å²) in [6.45, 7) is 4.46. The molecule has 0 aromatic heterocycles. The van der Waals surface area contributed by atoms with E-state index >= 15 is 0 Å². The van der Waals surface area contributed by atoms with E-state index in [0.29, 0.717) is 11.5 Å². The zero-order valence-electron chi connectivity index (χ0n) is 26.1. The van der Waals surface area contributed by atoms with Gasteiger partial charge in [0.1, 0.15) is 11.5 Å². The van der Waals surface area contributed by atoms with Crippen molar-refractivity contribution >= 4 is 83.3 Å². The van der Waals surface area contributed by atoms with Gasteiger partial charge >= 0.3 is 83.3 Å². The van der Waals surface area contributed by atoms with Gasteiger partial charge in [0.15, 0.2) is 0 Å². The summed E-state index contributed by atoms with van der Waals surface area (Å²) < 4.78 is 23.0. The summed E-state index contributed by atoms with van der Waals surface area (Å²) in [4.78, 5) is 10.2. The predicted molar refractivity (Wildman–Crippen MR) is 154 cm³/mol. The zero-order chi connectivity index (χ0) is 23.8. The van der Waals surface area contributed by atoms with E-state index < -0.39 is 7.82 Å². The monoisotopic (exact) mass is 558 g/mol. The zero-order valence-corrected chi connectivity index (χ0v) is 27.4. The Morgan fingerprint density at radius 2 is 0.914 bits per heavy atom. The van der Waals surface area contributed by atoms with Crippen molar-refractivity contribution in [2.24, 2.45) is 0 Å². The van der Waals surface area contributed by atoms with Crippen LogP contribution in [0.2, 0.25) is 0 Å². The van der Waals surface area contributed by atoms with Crippen LogP contribution in [-0.4, -0.2) is 80.4 Å². The molecule has 0 amide bonds. The Hall–Kier alpha value is 0.749. The number of hydrogen-bond acceptors (Lipinski definition) is 3. The van der Waals surface area contributed by atoms with Gasteiger partial charge in [0.25, 0.3) is 0 Å². The van der Waals surface area contributed by atoms with Crippen LogP contribution in [0.25, 0.3) is 0 Å². The smallest absolute Gasteiger partial charge is 1.00 e. The maximum atomic E-state index is 12.4. The fraction of sp³-hybridized carbons (Fsp3) is 0.571. The largest absolute Gasteiger partial charge is 2.00 e. The van der Waals surface area contributed by atoms with E-state index in [2.05, 4.69) is 13.8 Å². The van der Waals surface area contributed by atoms with Crippen LogP contribution in [0.3, 0.4) is 0 Å². The summed E-state index contributed by atoms with van der Waals surface area (Å²) in [6.07, 6.45) is 17.3. The average molecular weight is 559 g/mol. The Morgan fingerprint density at radius 3 is 1.26 bits per heavy atom. The topological polar surface area (TPSA) is 55.8 Å². The van der Waals surface area contributed by atoms with Gasteiger partial charge in [-0.05, 0) is 61.1 Å². The molecule has 0 saturated heterocycles. The van der Waals surface area contributed by atoms with Crippen LogP contribution in [0.4, 0.5) is 0 Å². The van der Waals surface area contributed by atoms with Crippen molar-refractivity contribution in [1.82, 2.24) is 0 Å². The molecular formula is C28H47Ca2O4P. The minimum Gasteiger partial charge on any atom is -1.00 e. The minimum atomic E-state index is -4.24. The molecule has 0 saturated carbocycles. The molecule has 0 unspecified atom stereocenters. The molecule has 0 heterocycles. The first kappa shape index (κ1) is 35.7. The van der Waals surface area contributed by atoms with Gasteiger partial charge in [-0.1, -0.05) is 102 Å². The third-order valence-electron chi connectivity index (χ3n) is 5.93. The van der Waals surface area contributed by atoms with Crippen molar-refractivity contribution in [3.05, 3.63) is 59.7 Å². The fourth-order valence-electron chi connectivity index (χ4n) is 3.94. The maximum Gasteiger partial charge on any atom is 2.00 e. The molecule has 2 rings (SSSR count). The van der Waals surface area contributed by atoms with Gasteiger partial charge in [0, 0.05) is 0 Å². The molecule has 0 aliphatic heterocycles. The van der Waals surface area contributed by atoms with Crippen molar-refractivity contribution in [3.63, 3.8) is 0 Å². The fourth-order valence-corrected chi connectivity index (χ4v) is 4.75. The molecule has 35 heavy (non-hydrogen) atoms. The molecule has 0 radical (unpaired) electrons. The average Bonchev–Trinajstić information content (AvgIpc) is 2.80. The maximum absolute atomic E-state index is 12.4. The first-order valence-corrected chi connectivity index (χ1v) is 14.4. The number of benzene rings is 2. The van der Waals surface area contributed by atoms with Crippen molar-refractivity contribution in [2.75, 3.05) is 0 Å². The first-order chi connectivity index (χ1) is 16.0. The second-order valence-electron chi connectivity index (χ2n) is 8.97. The van der Waals surface area contributed by atoms with Crippen LogP contribution in [0.15, 0.2) is 48.5 Å². The van der Waals surface area contributed by atoms with Crippen molar-refractivity contribution in [3.8, 4) is 11.5 Å². The van der Waals surface area contributed by atoms with Gasteiger partial charge < -0.3 is 14.8 Å². The molecule has 0 fully saturated rings. The van der Waals surface area contributed by atoms with Gasteiger partial charge in [-0.3, -0.25) is 4.89 Å². The third-order valence-corrected chi connectivity index (χ3v) is 6.81. The number of rotatable bonds is 18. The molecule has 0 aliphatic rings. The molecule has 7 heteroatoms. The normalized spacial score (nSPS) is 10.8. The number of phosphoric acid groups is 1. The van der Waals surface area contributed by atoms with E-state index in [1.54, 1.807) is 24.3 Å². The van der Waals surface area contributed by atoms with Crippen molar-refractivity contribution in [1.29, 1.82) is 0 Å². The molecule has 2 aromatic rings. The van der Waals surface area contributed by atoms with Crippen LogP contribution in [0.1, 0.15) is 108 Å². The molecule has 1 N–H and O–H groups in total. The van der Waals surface area contributed by atoms with Gasteiger partial charge in [-0.2, -0.15) is 0 Å². The van der Waals surface area contributed by atoms with Crippen LogP contribution in [-0.2, 0) is 17.4 Å². The summed E-state index contributed by atoms with van der Waals surface area (Å²) in [5.41, 5.74) is 2.43. The van der Waals surface area contributed by atoms with Crippen LogP contribution >= 0.6 is 7.82 Å². The Bertz CT molecular complexity index is 766. The van der Waals surface area contributed by atoms with Gasteiger partial charge in [0.05, 0.1) is 0 Å². The molecule has 0 atom stereocenters. The number of phosphoric ester groups is 1. The van der Waals surface area contributed by atoms with E-state index in [-0.39, 0.29) is 81.2 Å². The Kier molecular flexibility index (Phi) is 22.1. The van der Waals surface area contributed by atoms with Crippen LogP contribution in [0, 0.1) is 0 Å². The molecular weight excluding hydrogens is 511 g/mol. The summed E-state index contributed by atoms with van der Waals surface area (Å²) in [7, 11) is -4.24. The summed E-state index contributed by atoms with van der Waals surface area (Å²) >= 11 is 0. The van der Waals surface area contributed by atoms with Gasteiger partial charge in [0.2, 0.25) is 0 Å². The minimum absolute atomic E-state index is 0.